The first-order valence-corrected chi connectivity index (χ1v) is 7.49. The number of aliphatic hydroxyl groups is 1. The first-order chi connectivity index (χ1) is 9.57. The highest BCUT2D eigenvalue weighted by Crippen LogP contribution is 2.56. The lowest BCUT2D eigenvalue weighted by Crippen LogP contribution is -2.26. The molecule has 0 heterocycles. The standard InChI is InChI=1S/C18H20O2/c1-18-7-6-14-15(17(18)9-13(20)10-18)5-3-11-2-4-12(19)8-16(11)14/h2-5,8,13,17,19-20H,6-7,9-10H2,1H3/t13-,17-,18+/m0/s1. The van der Waals surface area contributed by atoms with Crippen molar-refractivity contribution in [1.29, 1.82) is 0 Å². The minimum Gasteiger partial charge on any atom is -0.508 e. The number of phenols is 1. The van der Waals surface area contributed by atoms with Gasteiger partial charge < -0.3 is 10.2 Å². The average Bonchev–Trinajstić information content (AvgIpc) is 2.72. The van der Waals surface area contributed by atoms with E-state index in [1.54, 1.807) is 6.07 Å². The minimum absolute atomic E-state index is 0.157. The molecular weight excluding hydrogens is 248 g/mol. The predicted octanol–water partition coefficient (Wildman–Crippen LogP) is 3.74. The lowest BCUT2D eigenvalue weighted by molar-refractivity contribution is 0.159. The second-order valence-corrected chi connectivity index (χ2v) is 6.84. The van der Waals surface area contributed by atoms with Crippen molar-refractivity contribution in [2.45, 2.75) is 44.6 Å². The maximum Gasteiger partial charge on any atom is 0.116 e. The third-order valence-electron chi connectivity index (χ3n) is 5.53. The van der Waals surface area contributed by atoms with Crippen molar-refractivity contribution in [3.8, 4) is 5.75 Å². The van der Waals surface area contributed by atoms with Crippen LogP contribution in [0, 0.1) is 5.41 Å². The summed E-state index contributed by atoms with van der Waals surface area (Å²) in [5.74, 6) is 0.804. The Labute approximate surface area is 119 Å². The molecule has 104 valence electrons. The number of hydrogen-bond acceptors (Lipinski definition) is 2. The van der Waals surface area contributed by atoms with Gasteiger partial charge in [0.15, 0.2) is 0 Å². The van der Waals surface area contributed by atoms with Crippen molar-refractivity contribution in [3.05, 3.63) is 41.5 Å². The maximum atomic E-state index is 10.1. The summed E-state index contributed by atoms with van der Waals surface area (Å²) in [6.07, 6.45) is 3.84. The molecule has 1 saturated carbocycles. The molecule has 0 aromatic heterocycles. The van der Waals surface area contributed by atoms with Crippen LogP contribution in [0.15, 0.2) is 30.3 Å². The van der Waals surface area contributed by atoms with Crippen LogP contribution >= 0.6 is 0 Å². The van der Waals surface area contributed by atoms with Crippen molar-refractivity contribution in [1.82, 2.24) is 0 Å². The van der Waals surface area contributed by atoms with Crippen LogP contribution in [0.2, 0.25) is 0 Å². The minimum atomic E-state index is -0.157. The highest BCUT2D eigenvalue weighted by Gasteiger charge is 2.46. The molecule has 2 aromatic rings. The summed E-state index contributed by atoms with van der Waals surface area (Å²) in [5.41, 5.74) is 3.03. The molecule has 2 aliphatic carbocycles. The second kappa shape index (κ2) is 3.98. The van der Waals surface area contributed by atoms with Gasteiger partial charge in [0.25, 0.3) is 0 Å². The van der Waals surface area contributed by atoms with Crippen LogP contribution in [-0.2, 0) is 6.42 Å². The first kappa shape index (κ1) is 12.2. The summed E-state index contributed by atoms with van der Waals surface area (Å²) in [6, 6.07) is 10.0. The highest BCUT2D eigenvalue weighted by atomic mass is 16.3. The van der Waals surface area contributed by atoms with E-state index in [-0.39, 0.29) is 11.5 Å². The number of aliphatic hydroxyl groups excluding tert-OH is 1. The summed E-state index contributed by atoms with van der Waals surface area (Å²) >= 11 is 0. The largest absolute Gasteiger partial charge is 0.508 e. The SMILES string of the molecule is C[C@]12CCc3c(ccc4ccc(O)cc34)[C@@H]1C[C@H](O)C2. The maximum absolute atomic E-state index is 10.1. The van der Waals surface area contributed by atoms with Gasteiger partial charge in [0, 0.05) is 0 Å². The topological polar surface area (TPSA) is 40.5 Å². The number of fused-ring (bicyclic) bond motifs is 5. The molecule has 0 saturated heterocycles. The van der Waals surface area contributed by atoms with Crippen LogP contribution in [0.1, 0.15) is 43.2 Å². The van der Waals surface area contributed by atoms with Gasteiger partial charge in [0.1, 0.15) is 5.75 Å². The molecule has 0 radical (unpaired) electrons. The van der Waals surface area contributed by atoms with Gasteiger partial charge in [0.2, 0.25) is 0 Å². The van der Waals surface area contributed by atoms with Gasteiger partial charge in [-0.25, -0.2) is 0 Å². The van der Waals surface area contributed by atoms with E-state index in [0.29, 0.717) is 11.7 Å². The van der Waals surface area contributed by atoms with Crippen LogP contribution < -0.4 is 0 Å². The summed E-state index contributed by atoms with van der Waals surface area (Å²) < 4.78 is 0. The lowest BCUT2D eigenvalue weighted by atomic mass is 9.66. The molecule has 0 aliphatic heterocycles. The Morgan fingerprint density at radius 1 is 1.20 bits per heavy atom. The molecular formula is C18H20O2. The van der Waals surface area contributed by atoms with Crippen molar-refractivity contribution in [2.75, 3.05) is 0 Å². The zero-order valence-electron chi connectivity index (χ0n) is 11.8. The van der Waals surface area contributed by atoms with Crippen LogP contribution in [0.4, 0.5) is 0 Å². The zero-order valence-corrected chi connectivity index (χ0v) is 11.8. The van der Waals surface area contributed by atoms with Crippen LogP contribution in [0.25, 0.3) is 10.8 Å². The van der Waals surface area contributed by atoms with E-state index in [4.69, 9.17) is 0 Å². The van der Waals surface area contributed by atoms with Crippen molar-refractivity contribution < 1.29 is 10.2 Å². The van der Waals surface area contributed by atoms with E-state index < -0.39 is 0 Å². The zero-order chi connectivity index (χ0) is 13.9. The van der Waals surface area contributed by atoms with E-state index in [9.17, 15) is 10.2 Å². The molecule has 4 rings (SSSR count). The van der Waals surface area contributed by atoms with E-state index in [1.807, 2.05) is 12.1 Å². The van der Waals surface area contributed by atoms with Gasteiger partial charge in [0.05, 0.1) is 6.10 Å². The number of aryl methyl sites for hydroxylation is 1. The molecule has 3 atom stereocenters. The van der Waals surface area contributed by atoms with Crippen molar-refractivity contribution in [2.24, 2.45) is 5.41 Å². The van der Waals surface area contributed by atoms with Crippen molar-refractivity contribution in [3.63, 3.8) is 0 Å². The smallest absolute Gasteiger partial charge is 0.116 e. The summed E-state index contributed by atoms with van der Waals surface area (Å²) in [4.78, 5) is 0. The van der Waals surface area contributed by atoms with Crippen molar-refractivity contribution >= 4 is 10.8 Å². The summed E-state index contributed by atoms with van der Waals surface area (Å²) in [5, 5.41) is 22.2. The molecule has 0 spiro atoms. The van der Waals surface area contributed by atoms with Crippen LogP contribution in [0.5, 0.6) is 5.75 Å². The number of aromatic hydroxyl groups is 1. The Hall–Kier alpha value is -1.54. The Kier molecular flexibility index (Phi) is 2.43. The van der Waals surface area contributed by atoms with E-state index >= 15 is 0 Å². The fraction of sp³-hybridized carbons (Fsp3) is 0.444. The molecule has 0 amide bonds. The molecule has 2 aliphatic rings. The lowest BCUT2D eigenvalue weighted by Gasteiger charge is -2.38. The monoisotopic (exact) mass is 268 g/mol. The van der Waals surface area contributed by atoms with Gasteiger partial charge in [-0.15, -0.1) is 0 Å². The molecule has 20 heavy (non-hydrogen) atoms. The Morgan fingerprint density at radius 2 is 2.00 bits per heavy atom. The number of benzene rings is 2. The Balaban J connectivity index is 1.94. The third kappa shape index (κ3) is 1.61. The Morgan fingerprint density at radius 3 is 2.85 bits per heavy atom. The molecule has 0 unspecified atom stereocenters. The third-order valence-corrected chi connectivity index (χ3v) is 5.53. The molecule has 2 N–H and O–H groups in total. The fourth-order valence-corrected chi connectivity index (χ4v) is 4.50. The number of hydrogen-bond donors (Lipinski definition) is 2. The van der Waals surface area contributed by atoms with E-state index in [0.717, 1.165) is 25.7 Å². The molecule has 2 heteroatoms. The van der Waals surface area contributed by atoms with E-state index in [2.05, 4.69) is 19.1 Å². The summed E-state index contributed by atoms with van der Waals surface area (Å²) in [7, 11) is 0. The number of phenolic OH excluding ortho intramolecular Hbond substituents is 1. The normalized spacial score (nSPS) is 32.1. The van der Waals surface area contributed by atoms with Crippen LogP contribution in [-0.4, -0.2) is 16.3 Å². The second-order valence-electron chi connectivity index (χ2n) is 6.84. The highest BCUT2D eigenvalue weighted by molar-refractivity contribution is 5.88. The average molecular weight is 268 g/mol. The molecule has 2 aromatic carbocycles. The van der Waals surface area contributed by atoms with Crippen LogP contribution in [0.3, 0.4) is 0 Å². The molecule has 0 bridgehead atoms. The number of rotatable bonds is 0. The van der Waals surface area contributed by atoms with Gasteiger partial charge in [-0.05, 0) is 71.0 Å². The van der Waals surface area contributed by atoms with Gasteiger partial charge >= 0.3 is 0 Å². The molecule has 2 nitrogen and oxygen atoms in total. The van der Waals surface area contributed by atoms with Gasteiger partial charge in [-0.1, -0.05) is 25.1 Å². The Bertz CT molecular complexity index is 691. The van der Waals surface area contributed by atoms with Gasteiger partial charge in [-0.3, -0.25) is 0 Å². The summed E-state index contributed by atoms with van der Waals surface area (Å²) in [6.45, 7) is 2.32. The van der Waals surface area contributed by atoms with E-state index in [1.165, 1.54) is 21.9 Å². The molecule has 1 fully saturated rings. The quantitative estimate of drug-likeness (QED) is 0.764. The predicted molar refractivity (Wildman–Crippen MR) is 80.0 cm³/mol. The fourth-order valence-electron chi connectivity index (χ4n) is 4.50. The van der Waals surface area contributed by atoms with Gasteiger partial charge in [-0.2, -0.15) is 0 Å². The first-order valence-electron chi connectivity index (χ1n) is 7.49.